The third-order valence-corrected chi connectivity index (χ3v) is 4.40. The highest BCUT2D eigenvalue weighted by Crippen LogP contribution is 2.18. The molecule has 1 aliphatic rings. The van der Waals surface area contributed by atoms with Gasteiger partial charge in [-0.1, -0.05) is 0 Å². The topological polar surface area (TPSA) is 119 Å². The van der Waals surface area contributed by atoms with Gasteiger partial charge in [-0.25, -0.2) is 9.59 Å². The smallest absolute Gasteiger partial charge is 0.410 e. The zero-order valence-corrected chi connectivity index (χ0v) is 18.1. The van der Waals surface area contributed by atoms with Crippen molar-refractivity contribution < 1.29 is 28.8 Å². The lowest BCUT2D eigenvalue weighted by molar-refractivity contribution is -0.384. The number of hydrogen-bond donors (Lipinski definition) is 0. The molecule has 0 saturated carbocycles. The Bertz CT molecular complexity index is 859. The molecule has 0 bridgehead atoms. The van der Waals surface area contributed by atoms with Gasteiger partial charge in [0.1, 0.15) is 11.6 Å². The summed E-state index contributed by atoms with van der Waals surface area (Å²) in [7, 11) is 0. The van der Waals surface area contributed by atoms with Gasteiger partial charge in [0.25, 0.3) is 5.69 Å². The van der Waals surface area contributed by atoms with E-state index >= 15 is 0 Å². The molecule has 0 unspecified atom stereocenters. The van der Waals surface area contributed by atoms with E-state index in [-0.39, 0.29) is 31.9 Å². The fourth-order valence-electron chi connectivity index (χ4n) is 2.95. The number of esters is 1. The lowest BCUT2D eigenvalue weighted by Gasteiger charge is -2.39. The minimum absolute atomic E-state index is 0.0368. The van der Waals surface area contributed by atoms with Gasteiger partial charge in [0.2, 0.25) is 5.91 Å². The Labute approximate surface area is 180 Å². The van der Waals surface area contributed by atoms with Crippen molar-refractivity contribution in [2.45, 2.75) is 39.3 Å². The molecule has 0 aromatic heterocycles. The monoisotopic (exact) mass is 433 g/mol. The van der Waals surface area contributed by atoms with Crippen molar-refractivity contribution in [1.29, 1.82) is 0 Å². The predicted molar refractivity (Wildman–Crippen MR) is 112 cm³/mol. The Kier molecular flexibility index (Phi) is 7.73. The van der Waals surface area contributed by atoms with Gasteiger partial charge in [-0.05, 0) is 51.5 Å². The Morgan fingerprint density at radius 3 is 2.39 bits per heavy atom. The molecule has 1 heterocycles. The van der Waals surface area contributed by atoms with E-state index in [1.54, 1.807) is 27.7 Å². The van der Waals surface area contributed by atoms with Crippen LogP contribution in [0.5, 0.6) is 0 Å². The van der Waals surface area contributed by atoms with Crippen LogP contribution in [-0.4, -0.2) is 70.6 Å². The SMILES string of the molecule is CCOC(=O)[C@@H]1CN(C(=O)OC(C)(C)C)CCN1C(=O)/C=C/c1ccc([N+](=O)[O-])cc1. The van der Waals surface area contributed by atoms with Gasteiger partial charge in [-0.15, -0.1) is 0 Å². The standard InChI is InChI=1S/C21H27N3O7/c1-5-30-19(26)17-14-22(20(27)31-21(2,3)4)12-13-23(17)18(25)11-8-15-6-9-16(10-7-15)24(28)29/h6-11,17H,5,12-14H2,1-4H3/b11-8+/t17-/m0/s1. The van der Waals surface area contributed by atoms with Gasteiger partial charge in [0, 0.05) is 31.3 Å². The van der Waals surface area contributed by atoms with E-state index in [1.807, 2.05) is 0 Å². The first-order valence-electron chi connectivity index (χ1n) is 9.89. The largest absolute Gasteiger partial charge is 0.464 e. The molecular weight excluding hydrogens is 406 g/mol. The number of nitrogens with zero attached hydrogens (tertiary/aromatic N) is 3. The van der Waals surface area contributed by atoms with Crippen LogP contribution >= 0.6 is 0 Å². The molecule has 1 fully saturated rings. The average molecular weight is 433 g/mol. The zero-order valence-electron chi connectivity index (χ0n) is 18.1. The van der Waals surface area contributed by atoms with E-state index in [9.17, 15) is 24.5 Å². The van der Waals surface area contributed by atoms with Crippen LogP contribution in [-0.2, 0) is 19.1 Å². The molecule has 0 aliphatic carbocycles. The van der Waals surface area contributed by atoms with Gasteiger partial charge >= 0.3 is 12.1 Å². The first-order valence-corrected chi connectivity index (χ1v) is 9.89. The third kappa shape index (κ3) is 6.80. The van der Waals surface area contributed by atoms with Crippen molar-refractivity contribution in [3.8, 4) is 0 Å². The van der Waals surface area contributed by atoms with E-state index < -0.39 is 34.5 Å². The molecule has 2 amide bonds. The molecule has 0 radical (unpaired) electrons. The van der Waals surface area contributed by atoms with Gasteiger partial charge in [-0.3, -0.25) is 14.9 Å². The van der Waals surface area contributed by atoms with E-state index in [1.165, 1.54) is 46.2 Å². The molecule has 1 saturated heterocycles. The van der Waals surface area contributed by atoms with E-state index in [2.05, 4.69) is 0 Å². The molecular formula is C21H27N3O7. The highest BCUT2D eigenvalue weighted by Gasteiger charge is 2.38. The van der Waals surface area contributed by atoms with Crippen LogP contribution in [0.3, 0.4) is 0 Å². The van der Waals surface area contributed by atoms with Crippen LogP contribution in [0.1, 0.15) is 33.3 Å². The van der Waals surface area contributed by atoms with Gasteiger partial charge in [-0.2, -0.15) is 0 Å². The van der Waals surface area contributed by atoms with Crippen molar-refractivity contribution in [1.82, 2.24) is 9.80 Å². The summed E-state index contributed by atoms with van der Waals surface area (Å²) in [5.41, 5.74) is -0.139. The number of non-ortho nitro benzene ring substituents is 1. The lowest BCUT2D eigenvalue weighted by atomic mass is 10.1. The number of piperazine rings is 1. The van der Waals surface area contributed by atoms with Crippen molar-refractivity contribution in [2.75, 3.05) is 26.2 Å². The highest BCUT2D eigenvalue weighted by molar-refractivity contribution is 5.95. The van der Waals surface area contributed by atoms with E-state index in [0.717, 1.165) is 0 Å². The molecule has 31 heavy (non-hydrogen) atoms. The maximum Gasteiger partial charge on any atom is 0.410 e. The summed E-state index contributed by atoms with van der Waals surface area (Å²) in [6.07, 6.45) is 2.24. The fraction of sp³-hybridized carbons (Fsp3) is 0.476. The van der Waals surface area contributed by atoms with Crippen molar-refractivity contribution in [3.05, 3.63) is 46.0 Å². The normalized spacial score (nSPS) is 16.8. The number of nitro groups is 1. The van der Waals surface area contributed by atoms with Crippen molar-refractivity contribution in [2.24, 2.45) is 0 Å². The number of rotatable bonds is 5. The first kappa shape index (κ1) is 23.8. The molecule has 2 rings (SSSR count). The van der Waals surface area contributed by atoms with Crippen LogP contribution in [0, 0.1) is 10.1 Å². The van der Waals surface area contributed by atoms with Crippen LogP contribution in [0.15, 0.2) is 30.3 Å². The first-order chi connectivity index (χ1) is 14.5. The molecule has 1 atom stereocenters. The molecule has 1 aromatic carbocycles. The number of benzene rings is 1. The Hall–Kier alpha value is -3.43. The summed E-state index contributed by atoms with van der Waals surface area (Å²) < 4.78 is 10.5. The number of hydrogen-bond acceptors (Lipinski definition) is 7. The van der Waals surface area contributed by atoms with Crippen molar-refractivity contribution >= 4 is 29.7 Å². The second-order valence-corrected chi connectivity index (χ2v) is 7.91. The number of ether oxygens (including phenoxy) is 2. The fourth-order valence-corrected chi connectivity index (χ4v) is 2.95. The summed E-state index contributed by atoms with van der Waals surface area (Å²) in [5, 5.41) is 10.7. The Morgan fingerprint density at radius 2 is 1.84 bits per heavy atom. The highest BCUT2D eigenvalue weighted by atomic mass is 16.6. The quantitative estimate of drug-likeness (QED) is 0.303. The molecule has 168 valence electrons. The molecule has 1 aliphatic heterocycles. The molecule has 0 N–H and O–H groups in total. The van der Waals surface area contributed by atoms with Crippen molar-refractivity contribution in [3.63, 3.8) is 0 Å². The molecule has 0 spiro atoms. The Morgan fingerprint density at radius 1 is 1.19 bits per heavy atom. The molecule has 10 nitrogen and oxygen atoms in total. The average Bonchev–Trinajstić information content (AvgIpc) is 2.70. The zero-order chi connectivity index (χ0) is 23.2. The lowest BCUT2D eigenvalue weighted by Crippen LogP contribution is -2.60. The number of amides is 2. The minimum Gasteiger partial charge on any atom is -0.464 e. The maximum atomic E-state index is 12.8. The summed E-state index contributed by atoms with van der Waals surface area (Å²) >= 11 is 0. The summed E-state index contributed by atoms with van der Waals surface area (Å²) in [6.45, 7) is 7.35. The van der Waals surface area contributed by atoms with Gasteiger partial charge in [0.15, 0.2) is 0 Å². The number of carbonyl (C=O) groups excluding carboxylic acids is 3. The van der Waals surface area contributed by atoms with Gasteiger partial charge < -0.3 is 19.3 Å². The molecule has 1 aromatic rings. The van der Waals surface area contributed by atoms with Crippen LogP contribution in [0.4, 0.5) is 10.5 Å². The summed E-state index contributed by atoms with van der Waals surface area (Å²) in [6, 6.07) is 4.75. The van der Waals surface area contributed by atoms with E-state index in [0.29, 0.717) is 5.56 Å². The second kappa shape index (κ2) is 10.1. The number of nitro benzene ring substituents is 1. The van der Waals surface area contributed by atoms with Gasteiger partial charge in [0.05, 0.1) is 18.1 Å². The third-order valence-electron chi connectivity index (χ3n) is 4.40. The Balaban J connectivity index is 2.13. The molecule has 10 heteroatoms. The summed E-state index contributed by atoms with van der Waals surface area (Å²) in [4.78, 5) is 50.6. The van der Waals surface area contributed by atoms with E-state index in [4.69, 9.17) is 9.47 Å². The van der Waals surface area contributed by atoms with Crippen LogP contribution in [0.25, 0.3) is 6.08 Å². The summed E-state index contributed by atoms with van der Waals surface area (Å²) in [5.74, 6) is -1.03. The van der Waals surface area contributed by atoms with Crippen LogP contribution < -0.4 is 0 Å². The maximum absolute atomic E-state index is 12.8. The minimum atomic E-state index is -0.963. The second-order valence-electron chi connectivity index (χ2n) is 7.91. The number of carbonyl (C=O) groups is 3. The van der Waals surface area contributed by atoms with Crippen LogP contribution in [0.2, 0.25) is 0 Å². The predicted octanol–water partition coefficient (Wildman–Crippen LogP) is 2.62.